The van der Waals surface area contributed by atoms with Crippen molar-refractivity contribution in [2.45, 2.75) is 19.0 Å². The van der Waals surface area contributed by atoms with Crippen molar-refractivity contribution in [1.29, 1.82) is 0 Å². The fraction of sp³-hybridized carbons (Fsp3) is 0.190. The number of imidazole rings is 1. The summed E-state index contributed by atoms with van der Waals surface area (Å²) in [7, 11) is 1.80. The highest BCUT2D eigenvalue weighted by molar-refractivity contribution is 5.77. The Hall–Kier alpha value is -3.68. The van der Waals surface area contributed by atoms with Crippen molar-refractivity contribution in [3.8, 4) is 0 Å². The van der Waals surface area contributed by atoms with E-state index in [-0.39, 0.29) is 18.9 Å². The highest BCUT2D eigenvalue weighted by Crippen LogP contribution is 2.21. The van der Waals surface area contributed by atoms with E-state index in [4.69, 9.17) is 4.42 Å². The Balaban J connectivity index is 1.55. The summed E-state index contributed by atoms with van der Waals surface area (Å²) >= 11 is 0. The van der Waals surface area contributed by atoms with Gasteiger partial charge in [0, 0.05) is 32.4 Å². The first kappa shape index (κ1) is 18.7. The molecule has 7 nitrogen and oxygen atoms in total. The van der Waals surface area contributed by atoms with Crippen LogP contribution in [0.25, 0.3) is 11.1 Å². The molecule has 0 aliphatic carbocycles. The summed E-state index contributed by atoms with van der Waals surface area (Å²) in [5, 5.41) is 2.90. The normalized spacial score (nSPS) is 12.2. The minimum Gasteiger partial charge on any atom is -0.408 e. The molecule has 4 rings (SSSR count). The molecule has 0 spiro atoms. The summed E-state index contributed by atoms with van der Waals surface area (Å²) in [6, 6.07) is 12.5. The molecule has 2 aromatic carbocycles. The van der Waals surface area contributed by atoms with E-state index in [2.05, 4.69) is 10.3 Å². The third-order valence-corrected chi connectivity index (χ3v) is 4.74. The summed E-state index contributed by atoms with van der Waals surface area (Å²) in [4.78, 5) is 29.0. The Kier molecular flexibility index (Phi) is 4.99. The zero-order valence-corrected chi connectivity index (χ0v) is 15.7. The second kappa shape index (κ2) is 7.75. The quantitative estimate of drug-likeness (QED) is 0.545. The second-order valence-corrected chi connectivity index (χ2v) is 6.69. The largest absolute Gasteiger partial charge is 0.419 e. The van der Waals surface area contributed by atoms with Crippen molar-refractivity contribution >= 4 is 17.0 Å². The predicted molar refractivity (Wildman–Crippen MR) is 105 cm³/mol. The van der Waals surface area contributed by atoms with Gasteiger partial charge in [-0.05, 0) is 29.8 Å². The fourth-order valence-corrected chi connectivity index (χ4v) is 3.31. The van der Waals surface area contributed by atoms with Crippen LogP contribution in [0.4, 0.5) is 4.39 Å². The van der Waals surface area contributed by atoms with E-state index in [1.807, 2.05) is 0 Å². The van der Waals surface area contributed by atoms with E-state index >= 15 is 0 Å². The maximum absolute atomic E-state index is 13.7. The summed E-state index contributed by atoms with van der Waals surface area (Å²) in [6.45, 7) is 0.165. The van der Waals surface area contributed by atoms with Crippen LogP contribution in [-0.4, -0.2) is 20.0 Å². The van der Waals surface area contributed by atoms with Gasteiger partial charge in [-0.15, -0.1) is 0 Å². The lowest BCUT2D eigenvalue weighted by Gasteiger charge is -2.19. The molecule has 1 N–H and O–H groups in total. The van der Waals surface area contributed by atoms with Gasteiger partial charge in [0.25, 0.3) is 0 Å². The first-order valence-electron chi connectivity index (χ1n) is 9.13. The number of rotatable bonds is 6. The lowest BCUT2D eigenvalue weighted by molar-refractivity contribution is -0.121. The zero-order valence-electron chi connectivity index (χ0n) is 15.7. The van der Waals surface area contributed by atoms with Crippen molar-refractivity contribution in [2.75, 3.05) is 0 Å². The van der Waals surface area contributed by atoms with E-state index in [1.54, 1.807) is 60.4 Å². The first-order valence-corrected chi connectivity index (χ1v) is 9.13. The minimum absolute atomic E-state index is 0.0552. The van der Waals surface area contributed by atoms with E-state index in [9.17, 15) is 14.0 Å². The number of benzene rings is 2. The number of amides is 1. The SMILES string of the molecule is Cn1ccnc1C(NC(=O)CCn1c(=O)oc2ccccc21)c1cccc(F)c1. The number of carbonyl (C=O) groups is 1. The molecule has 148 valence electrons. The molecule has 1 atom stereocenters. The maximum Gasteiger partial charge on any atom is 0.419 e. The highest BCUT2D eigenvalue weighted by Gasteiger charge is 2.21. The number of nitrogens with zero attached hydrogens (tertiary/aromatic N) is 3. The average Bonchev–Trinajstić information content (AvgIpc) is 3.26. The molecule has 0 fully saturated rings. The Bertz CT molecular complexity index is 1220. The van der Waals surface area contributed by atoms with Crippen LogP contribution in [0.5, 0.6) is 0 Å². The number of halogens is 1. The molecule has 0 radical (unpaired) electrons. The zero-order chi connectivity index (χ0) is 20.4. The standard InChI is InChI=1S/C21H19FN4O3/c1-25-12-10-23-20(25)19(14-5-4-6-15(22)13-14)24-18(27)9-11-26-16-7-2-3-8-17(16)29-21(26)28/h2-8,10,12-13,19H,9,11H2,1H3,(H,24,27). The molecule has 0 saturated carbocycles. The van der Waals surface area contributed by atoms with E-state index in [0.29, 0.717) is 22.5 Å². The molecule has 2 heterocycles. The van der Waals surface area contributed by atoms with Gasteiger partial charge in [-0.2, -0.15) is 0 Å². The van der Waals surface area contributed by atoms with Gasteiger partial charge in [-0.3, -0.25) is 9.36 Å². The molecular formula is C21H19FN4O3. The van der Waals surface area contributed by atoms with Gasteiger partial charge in [0.2, 0.25) is 5.91 Å². The summed E-state index contributed by atoms with van der Waals surface area (Å²) < 4.78 is 22.1. The summed E-state index contributed by atoms with van der Waals surface area (Å²) in [6.07, 6.45) is 3.43. The highest BCUT2D eigenvalue weighted by atomic mass is 19.1. The predicted octanol–water partition coefficient (Wildman–Crippen LogP) is 2.76. The Morgan fingerprint density at radius 2 is 2.07 bits per heavy atom. The van der Waals surface area contributed by atoms with Gasteiger partial charge in [0.1, 0.15) is 17.7 Å². The van der Waals surface area contributed by atoms with E-state index in [1.165, 1.54) is 16.7 Å². The third-order valence-electron chi connectivity index (χ3n) is 4.74. The Labute approximate surface area is 165 Å². The van der Waals surface area contributed by atoms with Gasteiger partial charge in [-0.25, -0.2) is 14.2 Å². The van der Waals surface area contributed by atoms with Gasteiger partial charge in [0.15, 0.2) is 5.58 Å². The number of para-hydroxylation sites is 2. The number of fused-ring (bicyclic) bond motifs is 1. The average molecular weight is 394 g/mol. The lowest BCUT2D eigenvalue weighted by atomic mass is 10.1. The first-order chi connectivity index (χ1) is 14.0. The molecule has 0 aliphatic heterocycles. The lowest BCUT2D eigenvalue weighted by Crippen LogP contribution is -2.32. The molecule has 2 aromatic heterocycles. The minimum atomic E-state index is -0.615. The molecule has 0 saturated heterocycles. The van der Waals surface area contributed by atoms with Gasteiger partial charge < -0.3 is 14.3 Å². The van der Waals surface area contributed by atoms with Gasteiger partial charge >= 0.3 is 5.76 Å². The number of oxazole rings is 1. The number of aromatic nitrogens is 3. The smallest absolute Gasteiger partial charge is 0.408 e. The van der Waals surface area contributed by atoms with Crippen LogP contribution in [0.2, 0.25) is 0 Å². The third kappa shape index (κ3) is 3.82. The van der Waals surface area contributed by atoms with Crippen LogP contribution in [0, 0.1) is 5.82 Å². The number of hydrogen-bond donors (Lipinski definition) is 1. The van der Waals surface area contributed by atoms with Gasteiger partial charge in [0.05, 0.1) is 5.52 Å². The monoisotopic (exact) mass is 394 g/mol. The van der Waals surface area contributed by atoms with Crippen molar-refractivity contribution < 1.29 is 13.6 Å². The van der Waals surface area contributed by atoms with Crippen LogP contribution in [0.3, 0.4) is 0 Å². The Morgan fingerprint density at radius 3 is 2.83 bits per heavy atom. The van der Waals surface area contributed by atoms with Crippen molar-refractivity contribution in [3.05, 3.63) is 88.7 Å². The van der Waals surface area contributed by atoms with Crippen LogP contribution in [-0.2, 0) is 18.4 Å². The Morgan fingerprint density at radius 1 is 1.24 bits per heavy atom. The van der Waals surface area contributed by atoms with Crippen LogP contribution in [0.15, 0.2) is 70.1 Å². The molecule has 0 aliphatic rings. The van der Waals surface area contributed by atoms with E-state index < -0.39 is 17.6 Å². The number of aryl methyl sites for hydroxylation is 2. The van der Waals surface area contributed by atoms with Crippen LogP contribution >= 0.6 is 0 Å². The van der Waals surface area contributed by atoms with Crippen molar-refractivity contribution in [3.63, 3.8) is 0 Å². The molecule has 1 unspecified atom stereocenters. The number of nitrogens with one attached hydrogen (secondary N) is 1. The molecule has 8 heteroatoms. The second-order valence-electron chi connectivity index (χ2n) is 6.69. The topological polar surface area (TPSA) is 82.1 Å². The van der Waals surface area contributed by atoms with Gasteiger partial charge in [-0.1, -0.05) is 24.3 Å². The van der Waals surface area contributed by atoms with Crippen LogP contribution < -0.4 is 11.1 Å². The number of hydrogen-bond acceptors (Lipinski definition) is 4. The summed E-state index contributed by atoms with van der Waals surface area (Å²) in [5.74, 6) is -0.619. The molecule has 1 amide bonds. The van der Waals surface area contributed by atoms with E-state index in [0.717, 1.165) is 0 Å². The molecular weight excluding hydrogens is 375 g/mol. The van der Waals surface area contributed by atoms with Crippen molar-refractivity contribution in [2.24, 2.45) is 7.05 Å². The molecule has 4 aromatic rings. The van der Waals surface area contributed by atoms with Crippen molar-refractivity contribution in [1.82, 2.24) is 19.4 Å². The number of carbonyl (C=O) groups excluding carboxylic acids is 1. The molecule has 0 bridgehead atoms. The maximum atomic E-state index is 13.7. The fourth-order valence-electron chi connectivity index (χ4n) is 3.31. The molecule has 29 heavy (non-hydrogen) atoms. The van der Waals surface area contributed by atoms with Crippen LogP contribution in [0.1, 0.15) is 23.9 Å². The summed E-state index contributed by atoms with van der Waals surface area (Å²) in [5.41, 5.74) is 1.69.